The van der Waals surface area contributed by atoms with Gasteiger partial charge in [-0.15, -0.1) is 0 Å². The predicted molar refractivity (Wildman–Crippen MR) is 59.4 cm³/mol. The molecule has 1 aromatic rings. The van der Waals surface area contributed by atoms with Gasteiger partial charge in [-0.05, 0) is 6.92 Å². The summed E-state index contributed by atoms with van der Waals surface area (Å²) < 4.78 is 9.22. The van der Waals surface area contributed by atoms with Gasteiger partial charge in [0.1, 0.15) is 6.61 Å². The zero-order chi connectivity index (χ0) is 12.7. The predicted octanol–water partition coefficient (Wildman–Crippen LogP) is 0.767. The first-order valence-corrected chi connectivity index (χ1v) is 5.19. The molecule has 0 aliphatic heterocycles. The zero-order valence-electron chi connectivity index (χ0n) is 9.46. The lowest BCUT2D eigenvalue weighted by atomic mass is 10.1. The fourth-order valence-electron chi connectivity index (χ4n) is 1.14. The minimum atomic E-state index is -1.72. The summed E-state index contributed by atoms with van der Waals surface area (Å²) in [7, 11) is 0. The Balaban J connectivity index is 2.41. The normalized spacial score (nSPS) is 11.9. The second-order valence-corrected chi connectivity index (χ2v) is 3.20. The van der Waals surface area contributed by atoms with Crippen molar-refractivity contribution in [3.63, 3.8) is 0 Å². The summed E-state index contributed by atoms with van der Waals surface area (Å²) in [5.41, 5.74) is 0.462. The zero-order valence-corrected chi connectivity index (χ0v) is 9.46. The number of hydrogen-bond acceptors (Lipinski definition) is 5. The van der Waals surface area contributed by atoms with E-state index in [0.29, 0.717) is 5.56 Å². The van der Waals surface area contributed by atoms with Gasteiger partial charge >= 0.3 is 5.97 Å². The molecule has 1 atom stereocenters. The van der Waals surface area contributed by atoms with E-state index < -0.39 is 12.3 Å². The molecule has 0 aliphatic rings. The van der Waals surface area contributed by atoms with Crippen molar-refractivity contribution in [2.45, 2.75) is 13.2 Å². The minimum absolute atomic E-state index is 0.145. The average molecular weight is 238 g/mol. The first kappa shape index (κ1) is 13.3. The Bertz CT molecular complexity index is 374. The van der Waals surface area contributed by atoms with Crippen LogP contribution in [0.2, 0.25) is 0 Å². The number of benzene rings is 1. The highest BCUT2D eigenvalue weighted by Gasteiger charge is 2.18. The van der Waals surface area contributed by atoms with Crippen molar-refractivity contribution in [1.29, 1.82) is 0 Å². The molecule has 0 saturated heterocycles. The maximum Gasteiger partial charge on any atom is 0.363 e. The highest BCUT2D eigenvalue weighted by molar-refractivity contribution is 5.97. The number of rotatable bonds is 6. The Morgan fingerprint density at radius 3 is 2.53 bits per heavy atom. The Morgan fingerprint density at radius 2 is 1.94 bits per heavy atom. The number of esters is 1. The topological polar surface area (TPSA) is 72.8 Å². The molecule has 0 bridgehead atoms. The number of aliphatic hydroxyl groups excluding tert-OH is 1. The van der Waals surface area contributed by atoms with Gasteiger partial charge in [0.25, 0.3) is 6.29 Å². The van der Waals surface area contributed by atoms with Crippen LogP contribution in [-0.2, 0) is 14.3 Å². The maximum atomic E-state index is 11.5. The van der Waals surface area contributed by atoms with Gasteiger partial charge in [0, 0.05) is 5.56 Å². The summed E-state index contributed by atoms with van der Waals surface area (Å²) in [4.78, 5) is 22.5. The first-order chi connectivity index (χ1) is 8.15. The molecule has 0 heterocycles. The van der Waals surface area contributed by atoms with E-state index in [1.165, 1.54) is 0 Å². The summed E-state index contributed by atoms with van der Waals surface area (Å²) in [6.07, 6.45) is -1.72. The highest BCUT2D eigenvalue weighted by Crippen LogP contribution is 2.01. The third-order valence-corrected chi connectivity index (χ3v) is 1.96. The van der Waals surface area contributed by atoms with Crippen molar-refractivity contribution in [2.75, 3.05) is 13.2 Å². The standard InChI is InChI=1S/C12H14O5/c1-2-16-11(14)12(15)17-8-10(13)9-6-4-3-5-7-9/h3-7,12,15H,2,8H2,1H3. The molecule has 0 aliphatic carbocycles. The van der Waals surface area contributed by atoms with Crippen LogP contribution in [0.25, 0.3) is 0 Å². The lowest BCUT2D eigenvalue weighted by Crippen LogP contribution is -2.28. The third-order valence-electron chi connectivity index (χ3n) is 1.96. The summed E-state index contributed by atoms with van der Waals surface area (Å²) in [6, 6.07) is 8.47. The van der Waals surface area contributed by atoms with E-state index in [1.807, 2.05) is 0 Å². The smallest absolute Gasteiger partial charge is 0.363 e. The van der Waals surface area contributed by atoms with Crippen molar-refractivity contribution in [2.24, 2.45) is 0 Å². The Morgan fingerprint density at radius 1 is 1.29 bits per heavy atom. The van der Waals surface area contributed by atoms with Gasteiger partial charge in [0.15, 0.2) is 5.78 Å². The molecule has 0 fully saturated rings. The Labute approximate surface area is 99.0 Å². The van der Waals surface area contributed by atoms with Gasteiger partial charge in [-0.3, -0.25) is 4.79 Å². The van der Waals surface area contributed by atoms with Gasteiger partial charge in [-0.1, -0.05) is 30.3 Å². The van der Waals surface area contributed by atoms with Crippen molar-refractivity contribution in [3.8, 4) is 0 Å². The van der Waals surface area contributed by atoms with E-state index in [9.17, 15) is 14.7 Å². The molecule has 17 heavy (non-hydrogen) atoms. The maximum absolute atomic E-state index is 11.5. The van der Waals surface area contributed by atoms with Crippen LogP contribution in [0.1, 0.15) is 17.3 Å². The molecular formula is C12H14O5. The molecule has 1 unspecified atom stereocenters. The number of aliphatic hydroxyl groups is 1. The van der Waals surface area contributed by atoms with Crippen LogP contribution in [0.5, 0.6) is 0 Å². The van der Waals surface area contributed by atoms with E-state index in [2.05, 4.69) is 4.74 Å². The molecule has 1 N–H and O–H groups in total. The van der Waals surface area contributed by atoms with E-state index in [1.54, 1.807) is 37.3 Å². The fraction of sp³-hybridized carbons (Fsp3) is 0.333. The molecule has 92 valence electrons. The van der Waals surface area contributed by atoms with E-state index >= 15 is 0 Å². The number of Topliss-reactive ketones (excluding diaryl/α,β-unsaturated/α-hetero) is 1. The SMILES string of the molecule is CCOC(=O)C(O)OCC(=O)c1ccccc1. The third kappa shape index (κ3) is 4.34. The van der Waals surface area contributed by atoms with Gasteiger partial charge in [-0.2, -0.15) is 0 Å². The fourth-order valence-corrected chi connectivity index (χ4v) is 1.14. The van der Waals surface area contributed by atoms with Crippen LogP contribution in [-0.4, -0.2) is 36.4 Å². The number of carbonyl (C=O) groups excluding carboxylic acids is 2. The molecule has 1 rings (SSSR count). The summed E-state index contributed by atoms with van der Waals surface area (Å²) in [5.74, 6) is -1.21. The average Bonchev–Trinajstić information content (AvgIpc) is 2.36. The lowest BCUT2D eigenvalue weighted by Gasteiger charge is -2.09. The van der Waals surface area contributed by atoms with E-state index in [-0.39, 0.29) is 19.0 Å². The monoisotopic (exact) mass is 238 g/mol. The number of carbonyl (C=O) groups is 2. The second kappa shape index (κ2) is 6.78. The molecule has 5 heteroatoms. The minimum Gasteiger partial charge on any atom is -0.462 e. The van der Waals surface area contributed by atoms with Gasteiger partial charge in [0.2, 0.25) is 0 Å². The van der Waals surface area contributed by atoms with Crippen LogP contribution in [0.3, 0.4) is 0 Å². The molecule has 0 spiro atoms. The molecule has 0 amide bonds. The number of ketones is 1. The van der Waals surface area contributed by atoms with Crippen molar-refractivity contribution >= 4 is 11.8 Å². The molecule has 1 aromatic carbocycles. The summed E-state index contributed by atoms with van der Waals surface area (Å²) in [5, 5.41) is 9.20. The van der Waals surface area contributed by atoms with Crippen LogP contribution >= 0.6 is 0 Å². The van der Waals surface area contributed by atoms with Crippen molar-refractivity contribution in [3.05, 3.63) is 35.9 Å². The number of hydrogen-bond donors (Lipinski definition) is 1. The van der Waals surface area contributed by atoms with Gasteiger partial charge in [-0.25, -0.2) is 4.79 Å². The van der Waals surface area contributed by atoms with Crippen LogP contribution < -0.4 is 0 Å². The van der Waals surface area contributed by atoms with Crippen LogP contribution in [0.15, 0.2) is 30.3 Å². The van der Waals surface area contributed by atoms with E-state index in [4.69, 9.17) is 4.74 Å². The van der Waals surface area contributed by atoms with Gasteiger partial charge < -0.3 is 14.6 Å². The Hall–Kier alpha value is -1.72. The highest BCUT2D eigenvalue weighted by atomic mass is 16.6. The van der Waals surface area contributed by atoms with Crippen LogP contribution in [0.4, 0.5) is 0 Å². The quantitative estimate of drug-likeness (QED) is 0.450. The lowest BCUT2D eigenvalue weighted by molar-refractivity contribution is -0.180. The molecule has 0 radical (unpaired) electrons. The molecule has 0 aromatic heterocycles. The molecular weight excluding hydrogens is 224 g/mol. The van der Waals surface area contributed by atoms with Crippen molar-refractivity contribution in [1.82, 2.24) is 0 Å². The van der Waals surface area contributed by atoms with Crippen molar-refractivity contribution < 1.29 is 24.2 Å². The summed E-state index contributed by atoms with van der Waals surface area (Å²) >= 11 is 0. The van der Waals surface area contributed by atoms with Gasteiger partial charge in [0.05, 0.1) is 6.61 Å². The van der Waals surface area contributed by atoms with Crippen LogP contribution in [0, 0.1) is 0 Å². The number of ether oxygens (including phenoxy) is 2. The molecule has 5 nitrogen and oxygen atoms in total. The second-order valence-electron chi connectivity index (χ2n) is 3.20. The Kier molecular flexibility index (Phi) is 5.32. The largest absolute Gasteiger partial charge is 0.462 e. The first-order valence-electron chi connectivity index (χ1n) is 5.19. The van der Waals surface area contributed by atoms with E-state index in [0.717, 1.165) is 0 Å². The molecule has 0 saturated carbocycles. The summed E-state index contributed by atoms with van der Waals surface area (Å²) in [6.45, 7) is 1.38.